The summed E-state index contributed by atoms with van der Waals surface area (Å²) in [7, 11) is 0. The van der Waals surface area contributed by atoms with Gasteiger partial charge >= 0.3 is 5.97 Å². The minimum absolute atomic E-state index is 0.250. The van der Waals surface area contributed by atoms with Crippen molar-refractivity contribution in [2.45, 2.75) is 20.4 Å². The second-order valence-corrected chi connectivity index (χ2v) is 3.49. The monoisotopic (exact) mass is 221 g/mol. The molecule has 1 N–H and O–H groups in total. The van der Waals surface area contributed by atoms with Crippen LogP contribution in [0.15, 0.2) is 16.8 Å². The van der Waals surface area contributed by atoms with Gasteiger partial charge in [0.1, 0.15) is 12.1 Å². The van der Waals surface area contributed by atoms with Crippen LogP contribution in [0.1, 0.15) is 27.5 Å². The highest BCUT2D eigenvalue weighted by molar-refractivity contribution is 5.90. The van der Waals surface area contributed by atoms with Crippen molar-refractivity contribution in [2.24, 2.45) is 0 Å². The topological polar surface area (TPSA) is 81.2 Å². The Hall–Kier alpha value is -2.11. The number of aromatic nitrogens is 3. The first-order valence-electron chi connectivity index (χ1n) is 4.76. The van der Waals surface area contributed by atoms with Crippen LogP contribution in [0.2, 0.25) is 0 Å². The van der Waals surface area contributed by atoms with E-state index in [1.807, 2.05) is 0 Å². The highest BCUT2D eigenvalue weighted by atomic mass is 16.5. The summed E-state index contributed by atoms with van der Waals surface area (Å²) in [6.45, 7) is 3.78. The first kappa shape index (κ1) is 10.4. The zero-order valence-corrected chi connectivity index (χ0v) is 8.97. The van der Waals surface area contributed by atoms with Crippen molar-refractivity contribution in [2.75, 3.05) is 0 Å². The van der Waals surface area contributed by atoms with Gasteiger partial charge < -0.3 is 9.63 Å². The lowest BCUT2D eigenvalue weighted by Gasteiger charge is -2.00. The summed E-state index contributed by atoms with van der Waals surface area (Å²) in [6.07, 6.45) is 1.54. The lowest BCUT2D eigenvalue weighted by Crippen LogP contribution is -2.05. The van der Waals surface area contributed by atoms with Gasteiger partial charge in [0.25, 0.3) is 0 Å². The van der Waals surface area contributed by atoms with Gasteiger partial charge in [-0.05, 0) is 13.8 Å². The van der Waals surface area contributed by atoms with Gasteiger partial charge in [0.05, 0.1) is 17.6 Å². The molecule has 0 radical (unpaired) electrons. The largest absolute Gasteiger partial charge is 0.478 e. The van der Waals surface area contributed by atoms with Crippen LogP contribution >= 0.6 is 0 Å². The molecule has 0 aliphatic rings. The third-order valence-corrected chi connectivity index (χ3v) is 2.39. The first-order valence-corrected chi connectivity index (χ1v) is 4.76. The Balaban J connectivity index is 2.36. The van der Waals surface area contributed by atoms with Gasteiger partial charge in [-0.25, -0.2) is 4.79 Å². The van der Waals surface area contributed by atoms with E-state index in [-0.39, 0.29) is 5.56 Å². The molecule has 0 amide bonds. The quantitative estimate of drug-likeness (QED) is 0.843. The molecule has 6 nitrogen and oxygen atoms in total. The van der Waals surface area contributed by atoms with Crippen LogP contribution in [-0.2, 0) is 6.54 Å². The number of aryl methyl sites for hydroxylation is 1. The summed E-state index contributed by atoms with van der Waals surface area (Å²) in [6, 6.07) is 1.72. The molecule has 6 heteroatoms. The molecule has 2 aromatic heterocycles. The van der Waals surface area contributed by atoms with Crippen molar-refractivity contribution >= 4 is 5.97 Å². The molecule has 0 fully saturated rings. The molecule has 0 spiro atoms. The maximum atomic E-state index is 11.0. The lowest BCUT2D eigenvalue weighted by atomic mass is 10.2. The molecule has 0 unspecified atom stereocenters. The number of hydrogen-bond acceptors (Lipinski definition) is 4. The van der Waals surface area contributed by atoms with E-state index in [4.69, 9.17) is 9.63 Å². The van der Waals surface area contributed by atoms with Crippen LogP contribution in [0.25, 0.3) is 0 Å². The maximum Gasteiger partial charge on any atom is 0.339 e. The Morgan fingerprint density at radius 2 is 2.31 bits per heavy atom. The minimum atomic E-state index is -0.959. The second-order valence-electron chi connectivity index (χ2n) is 3.49. The fourth-order valence-corrected chi connectivity index (χ4v) is 1.63. The summed E-state index contributed by atoms with van der Waals surface area (Å²) in [4.78, 5) is 11.0. The van der Waals surface area contributed by atoms with E-state index >= 15 is 0 Å². The second kappa shape index (κ2) is 3.80. The Morgan fingerprint density at radius 3 is 2.81 bits per heavy atom. The smallest absolute Gasteiger partial charge is 0.339 e. The van der Waals surface area contributed by atoms with Crippen LogP contribution in [0.4, 0.5) is 0 Å². The lowest BCUT2D eigenvalue weighted by molar-refractivity contribution is 0.0695. The Morgan fingerprint density at radius 1 is 1.56 bits per heavy atom. The van der Waals surface area contributed by atoms with Crippen molar-refractivity contribution in [1.29, 1.82) is 0 Å². The van der Waals surface area contributed by atoms with Crippen LogP contribution < -0.4 is 0 Å². The first-order chi connectivity index (χ1) is 7.59. The van der Waals surface area contributed by atoms with E-state index in [1.165, 1.54) is 0 Å². The van der Waals surface area contributed by atoms with Crippen molar-refractivity contribution in [3.63, 3.8) is 0 Å². The molecule has 2 rings (SSSR count). The number of aromatic carboxylic acids is 1. The van der Waals surface area contributed by atoms with E-state index < -0.39 is 5.97 Å². The number of hydrogen-bond donors (Lipinski definition) is 1. The van der Waals surface area contributed by atoms with E-state index in [0.29, 0.717) is 23.7 Å². The predicted octanol–water partition coefficient (Wildman–Crippen LogP) is 1.23. The molecule has 2 aromatic rings. The highest BCUT2D eigenvalue weighted by Crippen LogP contribution is 2.14. The maximum absolute atomic E-state index is 11.0. The van der Waals surface area contributed by atoms with Gasteiger partial charge in [-0.2, -0.15) is 5.10 Å². The Bertz CT molecular complexity index is 514. The SMILES string of the molecule is Cc1nn(Cc2ccno2)c(C)c1C(=O)O. The molecular formula is C10H11N3O3. The summed E-state index contributed by atoms with van der Waals surface area (Å²) >= 11 is 0. The number of nitrogens with zero attached hydrogens (tertiary/aromatic N) is 3. The van der Waals surface area contributed by atoms with Crippen molar-refractivity contribution in [1.82, 2.24) is 14.9 Å². The minimum Gasteiger partial charge on any atom is -0.478 e. The zero-order valence-electron chi connectivity index (χ0n) is 8.97. The average Bonchev–Trinajstić information content (AvgIpc) is 2.76. The normalized spacial score (nSPS) is 10.6. The molecule has 0 saturated heterocycles. The van der Waals surface area contributed by atoms with E-state index in [9.17, 15) is 4.79 Å². The molecule has 0 saturated carbocycles. The Labute approximate surface area is 91.5 Å². The molecule has 0 bridgehead atoms. The standard InChI is InChI=1S/C10H11N3O3/c1-6-9(10(14)15)7(2)13(12-6)5-8-3-4-11-16-8/h3-4H,5H2,1-2H3,(H,14,15). The van der Waals surface area contributed by atoms with Gasteiger partial charge in [-0.3, -0.25) is 4.68 Å². The van der Waals surface area contributed by atoms with Gasteiger partial charge in [0, 0.05) is 6.07 Å². The highest BCUT2D eigenvalue weighted by Gasteiger charge is 2.18. The fourth-order valence-electron chi connectivity index (χ4n) is 1.63. The van der Waals surface area contributed by atoms with E-state index in [2.05, 4.69) is 10.3 Å². The molecule has 0 atom stereocenters. The number of rotatable bonds is 3. The van der Waals surface area contributed by atoms with Crippen molar-refractivity contribution < 1.29 is 14.4 Å². The van der Waals surface area contributed by atoms with E-state index in [0.717, 1.165) is 0 Å². The van der Waals surface area contributed by atoms with Gasteiger partial charge in [-0.15, -0.1) is 0 Å². The van der Waals surface area contributed by atoms with Crippen LogP contribution in [0.3, 0.4) is 0 Å². The molecule has 2 heterocycles. The van der Waals surface area contributed by atoms with Gasteiger partial charge in [0.15, 0.2) is 5.76 Å². The summed E-state index contributed by atoms with van der Waals surface area (Å²) in [5.74, 6) is -0.318. The van der Waals surface area contributed by atoms with Crippen molar-refractivity contribution in [3.05, 3.63) is 35.0 Å². The molecule has 0 aliphatic carbocycles. The molecule has 0 aliphatic heterocycles. The number of carboxylic acids is 1. The number of carbonyl (C=O) groups is 1. The summed E-state index contributed by atoms with van der Waals surface area (Å²) in [5, 5.41) is 16.7. The van der Waals surface area contributed by atoms with Gasteiger partial charge in [0.2, 0.25) is 0 Å². The number of carboxylic acid groups (broad SMARTS) is 1. The van der Waals surface area contributed by atoms with Crippen LogP contribution in [-0.4, -0.2) is 26.0 Å². The average molecular weight is 221 g/mol. The summed E-state index contributed by atoms with van der Waals surface area (Å²) in [5.41, 5.74) is 1.37. The molecule has 16 heavy (non-hydrogen) atoms. The van der Waals surface area contributed by atoms with Crippen molar-refractivity contribution in [3.8, 4) is 0 Å². The molecule has 84 valence electrons. The zero-order chi connectivity index (χ0) is 11.7. The van der Waals surface area contributed by atoms with Crippen LogP contribution in [0, 0.1) is 13.8 Å². The summed E-state index contributed by atoms with van der Waals surface area (Å²) < 4.78 is 6.54. The van der Waals surface area contributed by atoms with Crippen LogP contribution in [0.5, 0.6) is 0 Å². The molecule has 0 aromatic carbocycles. The Kier molecular flexibility index (Phi) is 2.47. The fraction of sp³-hybridized carbons (Fsp3) is 0.300. The van der Waals surface area contributed by atoms with Gasteiger partial charge in [-0.1, -0.05) is 5.16 Å². The third-order valence-electron chi connectivity index (χ3n) is 2.39. The third kappa shape index (κ3) is 1.69. The molecular weight excluding hydrogens is 210 g/mol. The van der Waals surface area contributed by atoms with E-state index in [1.54, 1.807) is 30.8 Å². The predicted molar refractivity (Wildman–Crippen MR) is 54.3 cm³/mol.